The van der Waals surface area contributed by atoms with Gasteiger partial charge in [-0.05, 0) is 5.56 Å². The molecule has 1 aromatic rings. The van der Waals surface area contributed by atoms with E-state index in [-0.39, 0.29) is 18.6 Å². The van der Waals surface area contributed by atoms with Gasteiger partial charge in [-0.3, -0.25) is 0 Å². The van der Waals surface area contributed by atoms with E-state index in [4.69, 9.17) is 10.2 Å². The number of aliphatic carboxylic acids is 1. The van der Waals surface area contributed by atoms with Crippen molar-refractivity contribution in [3.8, 4) is 0 Å². The maximum absolute atomic E-state index is 9.88. The highest BCUT2D eigenvalue weighted by molar-refractivity contribution is 5.85. The lowest BCUT2D eigenvalue weighted by Gasteiger charge is -1.91. The summed E-state index contributed by atoms with van der Waals surface area (Å²) in [5.41, 5.74) is 1.22. The first-order valence-corrected chi connectivity index (χ1v) is 4.81. The van der Waals surface area contributed by atoms with Crippen molar-refractivity contribution in [1.29, 1.82) is 0 Å². The van der Waals surface area contributed by atoms with Gasteiger partial charge in [0, 0.05) is 18.6 Å². The van der Waals surface area contributed by atoms with Gasteiger partial charge in [0.15, 0.2) is 0 Å². The second-order valence-electron chi connectivity index (χ2n) is 3.00. The van der Waals surface area contributed by atoms with Gasteiger partial charge in [0.25, 0.3) is 0 Å². The van der Waals surface area contributed by atoms with E-state index in [9.17, 15) is 4.79 Å². The van der Waals surface area contributed by atoms with E-state index in [0.717, 1.165) is 0 Å². The SMILES string of the molecule is C=C(CCO)C(=O)O.C=Cc1ccccc1. The van der Waals surface area contributed by atoms with E-state index in [1.807, 2.05) is 36.4 Å². The number of hydrogen-bond acceptors (Lipinski definition) is 2. The number of carboxylic acid groups (broad SMARTS) is 1. The average molecular weight is 220 g/mol. The minimum Gasteiger partial charge on any atom is -0.478 e. The zero-order valence-electron chi connectivity index (χ0n) is 9.10. The van der Waals surface area contributed by atoms with Crippen LogP contribution >= 0.6 is 0 Å². The predicted octanol–water partition coefficient (Wildman–Crippen LogP) is 2.34. The summed E-state index contributed by atoms with van der Waals surface area (Å²) in [5.74, 6) is -1.04. The molecule has 0 aliphatic carbocycles. The molecule has 3 heteroatoms. The van der Waals surface area contributed by atoms with E-state index in [2.05, 4.69) is 13.2 Å². The summed E-state index contributed by atoms with van der Waals surface area (Å²) in [6.07, 6.45) is 1.98. The molecule has 1 rings (SSSR count). The third kappa shape index (κ3) is 6.56. The van der Waals surface area contributed by atoms with Crippen molar-refractivity contribution in [2.75, 3.05) is 6.61 Å². The molecule has 0 saturated heterocycles. The van der Waals surface area contributed by atoms with Gasteiger partial charge in [-0.25, -0.2) is 4.79 Å². The summed E-state index contributed by atoms with van der Waals surface area (Å²) in [6, 6.07) is 10.0. The van der Waals surface area contributed by atoms with Gasteiger partial charge in [-0.15, -0.1) is 0 Å². The molecular formula is C13H16O3. The van der Waals surface area contributed by atoms with Crippen molar-refractivity contribution in [2.24, 2.45) is 0 Å². The van der Waals surface area contributed by atoms with Crippen LogP contribution < -0.4 is 0 Å². The Balaban J connectivity index is 0.000000281. The molecule has 3 nitrogen and oxygen atoms in total. The first-order chi connectivity index (χ1) is 7.61. The number of rotatable bonds is 4. The molecule has 0 aliphatic heterocycles. The maximum atomic E-state index is 9.88. The van der Waals surface area contributed by atoms with E-state index in [1.54, 1.807) is 0 Å². The highest BCUT2D eigenvalue weighted by Gasteiger charge is 1.99. The van der Waals surface area contributed by atoms with Crippen LogP contribution in [0.3, 0.4) is 0 Å². The smallest absolute Gasteiger partial charge is 0.331 e. The van der Waals surface area contributed by atoms with Gasteiger partial charge in [0.05, 0.1) is 0 Å². The summed E-state index contributed by atoms with van der Waals surface area (Å²) in [7, 11) is 0. The zero-order valence-corrected chi connectivity index (χ0v) is 9.10. The fraction of sp³-hybridized carbons (Fsp3) is 0.154. The van der Waals surface area contributed by atoms with Crippen LogP contribution in [0.4, 0.5) is 0 Å². The normalized spacial score (nSPS) is 8.56. The van der Waals surface area contributed by atoms with Crippen molar-refractivity contribution in [2.45, 2.75) is 6.42 Å². The molecule has 0 saturated carbocycles. The number of hydrogen-bond donors (Lipinski definition) is 2. The zero-order chi connectivity index (χ0) is 12.4. The quantitative estimate of drug-likeness (QED) is 0.766. The summed E-state index contributed by atoms with van der Waals surface area (Å²) >= 11 is 0. The summed E-state index contributed by atoms with van der Waals surface area (Å²) in [5, 5.41) is 16.3. The largest absolute Gasteiger partial charge is 0.478 e. The molecule has 0 heterocycles. The van der Waals surface area contributed by atoms with Crippen LogP contribution in [0.1, 0.15) is 12.0 Å². The number of carbonyl (C=O) groups is 1. The predicted molar refractivity (Wildman–Crippen MR) is 65.0 cm³/mol. The molecule has 0 aliphatic rings. The molecule has 0 atom stereocenters. The Hall–Kier alpha value is -1.87. The van der Waals surface area contributed by atoms with E-state index >= 15 is 0 Å². The molecule has 1 aromatic carbocycles. The van der Waals surface area contributed by atoms with Crippen LogP contribution in [0.25, 0.3) is 6.08 Å². The third-order valence-electron chi connectivity index (χ3n) is 1.75. The first kappa shape index (κ1) is 14.1. The Morgan fingerprint density at radius 2 is 1.88 bits per heavy atom. The molecular weight excluding hydrogens is 204 g/mol. The first-order valence-electron chi connectivity index (χ1n) is 4.81. The summed E-state index contributed by atoms with van der Waals surface area (Å²) < 4.78 is 0. The lowest BCUT2D eigenvalue weighted by atomic mass is 10.2. The van der Waals surface area contributed by atoms with E-state index in [0.29, 0.717) is 0 Å². The minimum atomic E-state index is -1.04. The Labute approximate surface area is 95.4 Å². The molecule has 0 radical (unpaired) electrons. The van der Waals surface area contributed by atoms with Gasteiger partial charge in [-0.1, -0.05) is 49.6 Å². The Kier molecular flexibility index (Phi) is 7.45. The molecule has 0 fully saturated rings. The summed E-state index contributed by atoms with van der Waals surface area (Å²) in [6.45, 7) is 6.67. The second-order valence-corrected chi connectivity index (χ2v) is 3.00. The Morgan fingerprint density at radius 1 is 1.31 bits per heavy atom. The van der Waals surface area contributed by atoms with Gasteiger partial charge in [-0.2, -0.15) is 0 Å². The highest BCUT2D eigenvalue weighted by atomic mass is 16.4. The van der Waals surface area contributed by atoms with Crippen molar-refractivity contribution < 1.29 is 15.0 Å². The molecule has 0 aromatic heterocycles. The van der Waals surface area contributed by atoms with Gasteiger partial charge >= 0.3 is 5.97 Å². The van der Waals surface area contributed by atoms with Crippen molar-refractivity contribution in [1.82, 2.24) is 0 Å². The van der Waals surface area contributed by atoms with Crippen molar-refractivity contribution >= 4 is 12.0 Å². The number of benzene rings is 1. The third-order valence-corrected chi connectivity index (χ3v) is 1.75. The monoisotopic (exact) mass is 220 g/mol. The molecule has 0 spiro atoms. The van der Waals surface area contributed by atoms with Gasteiger partial charge in [0.2, 0.25) is 0 Å². The highest BCUT2D eigenvalue weighted by Crippen LogP contribution is 1.97. The van der Waals surface area contributed by atoms with Gasteiger partial charge < -0.3 is 10.2 Å². The van der Waals surface area contributed by atoms with Crippen LogP contribution in [0.5, 0.6) is 0 Å². The fourth-order valence-electron chi connectivity index (χ4n) is 0.831. The molecule has 0 unspecified atom stereocenters. The average Bonchev–Trinajstić information content (AvgIpc) is 2.31. The lowest BCUT2D eigenvalue weighted by molar-refractivity contribution is -0.132. The fourth-order valence-corrected chi connectivity index (χ4v) is 0.831. The Morgan fingerprint density at radius 3 is 2.12 bits per heavy atom. The van der Waals surface area contributed by atoms with Crippen molar-refractivity contribution in [3.63, 3.8) is 0 Å². The molecule has 16 heavy (non-hydrogen) atoms. The standard InChI is InChI=1S/C8H8.C5H8O3/c1-2-8-6-4-3-5-7-8;1-4(2-3-6)5(7)8/h2-7H,1H2;6H,1-3H2,(H,7,8). The maximum Gasteiger partial charge on any atom is 0.331 e. The molecule has 86 valence electrons. The van der Waals surface area contributed by atoms with Gasteiger partial charge in [0.1, 0.15) is 0 Å². The van der Waals surface area contributed by atoms with E-state index < -0.39 is 5.97 Å². The lowest BCUT2D eigenvalue weighted by Crippen LogP contribution is -2.00. The van der Waals surface area contributed by atoms with Crippen LogP contribution in [0, 0.1) is 0 Å². The molecule has 0 bridgehead atoms. The summed E-state index contributed by atoms with van der Waals surface area (Å²) in [4.78, 5) is 9.88. The molecule has 0 amide bonds. The number of aliphatic hydroxyl groups is 1. The van der Waals surface area contributed by atoms with Crippen LogP contribution in [-0.4, -0.2) is 22.8 Å². The van der Waals surface area contributed by atoms with E-state index in [1.165, 1.54) is 5.56 Å². The Bertz CT molecular complexity index is 341. The molecule has 2 N–H and O–H groups in total. The number of aliphatic hydroxyl groups excluding tert-OH is 1. The minimum absolute atomic E-state index is 0.0486. The van der Waals surface area contributed by atoms with Crippen LogP contribution in [0.2, 0.25) is 0 Å². The van der Waals surface area contributed by atoms with Crippen LogP contribution in [-0.2, 0) is 4.79 Å². The number of carboxylic acids is 1. The second kappa shape index (κ2) is 8.44. The van der Waals surface area contributed by atoms with Crippen molar-refractivity contribution in [3.05, 3.63) is 54.6 Å². The topological polar surface area (TPSA) is 57.5 Å². The van der Waals surface area contributed by atoms with Crippen LogP contribution in [0.15, 0.2) is 49.1 Å².